The van der Waals surface area contributed by atoms with Crippen molar-refractivity contribution < 1.29 is 23.9 Å². The molecule has 8 heteroatoms. The minimum Gasteiger partial charge on any atom is -0.381 e. The number of ether oxygens (including phenoxy) is 2. The van der Waals surface area contributed by atoms with Crippen molar-refractivity contribution in [1.82, 2.24) is 14.6 Å². The summed E-state index contributed by atoms with van der Waals surface area (Å²) >= 11 is 0. The van der Waals surface area contributed by atoms with Crippen LogP contribution < -0.4 is 0 Å². The Kier molecular flexibility index (Phi) is 5.43. The summed E-state index contributed by atoms with van der Waals surface area (Å²) in [6, 6.07) is 6.42. The number of pyridine rings is 1. The Balaban J connectivity index is 1.54. The Morgan fingerprint density at radius 1 is 1.23 bits per heavy atom. The van der Waals surface area contributed by atoms with Gasteiger partial charge in [-0.15, -0.1) is 0 Å². The van der Waals surface area contributed by atoms with Crippen molar-refractivity contribution in [1.29, 1.82) is 0 Å². The first-order valence-electron chi connectivity index (χ1n) is 10.5. The van der Waals surface area contributed by atoms with Crippen molar-refractivity contribution >= 4 is 16.8 Å². The zero-order chi connectivity index (χ0) is 21.4. The second-order valence-corrected chi connectivity index (χ2v) is 8.06. The molecule has 0 aliphatic carbocycles. The lowest BCUT2D eigenvalue weighted by atomic mass is 9.99. The van der Waals surface area contributed by atoms with Crippen LogP contribution in [0.5, 0.6) is 0 Å². The van der Waals surface area contributed by atoms with E-state index in [-0.39, 0.29) is 24.2 Å². The van der Waals surface area contributed by atoms with Crippen LogP contribution in [0.2, 0.25) is 0 Å². The maximum absolute atomic E-state index is 13.3. The first kappa shape index (κ1) is 20.1. The van der Waals surface area contributed by atoms with Crippen LogP contribution in [-0.4, -0.2) is 51.6 Å². The Hall–Kier alpha value is -2.81. The van der Waals surface area contributed by atoms with Gasteiger partial charge < -0.3 is 14.0 Å². The van der Waals surface area contributed by atoms with Crippen molar-refractivity contribution in [2.75, 3.05) is 19.8 Å². The molecule has 31 heavy (non-hydrogen) atoms. The zero-order valence-electron chi connectivity index (χ0n) is 17.1. The molecule has 0 spiro atoms. The van der Waals surface area contributed by atoms with Crippen LogP contribution in [0, 0.1) is 5.82 Å². The molecule has 0 bridgehead atoms. The molecule has 3 aromatic rings. The third kappa shape index (κ3) is 3.94. The summed E-state index contributed by atoms with van der Waals surface area (Å²) in [5.41, 5.74) is 3.98. The number of nitrogens with zero attached hydrogens (tertiary/aromatic N) is 3. The van der Waals surface area contributed by atoms with E-state index < -0.39 is 5.91 Å². The summed E-state index contributed by atoms with van der Waals surface area (Å²) in [4.78, 5) is 16.8. The van der Waals surface area contributed by atoms with E-state index in [1.54, 1.807) is 18.3 Å². The van der Waals surface area contributed by atoms with Gasteiger partial charge in [0.15, 0.2) is 0 Å². The maximum Gasteiger partial charge on any atom is 0.296 e. The van der Waals surface area contributed by atoms with Gasteiger partial charge in [-0.2, -0.15) is 0 Å². The smallest absolute Gasteiger partial charge is 0.296 e. The Morgan fingerprint density at radius 3 is 2.77 bits per heavy atom. The SMILES string of the molecule is O=C1c2ncc3c(c(COC4CCOCC4)cn3Cc3ccc(F)cc3)c2CCN1O. The van der Waals surface area contributed by atoms with Gasteiger partial charge in [0.2, 0.25) is 0 Å². The van der Waals surface area contributed by atoms with E-state index >= 15 is 0 Å². The van der Waals surface area contributed by atoms with E-state index in [0.717, 1.165) is 45.5 Å². The summed E-state index contributed by atoms with van der Waals surface area (Å²) < 4.78 is 27.0. The monoisotopic (exact) mass is 425 g/mol. The van der Waals surface area contributed by atoms with E-state index in [9.17, 15) is 14.4 Å². The highest BCUT2D eigenvalue weighted by molar-refractivity contribution is 6.00. The average Bonchev–Trinajstić information content (AvgIpc) is 3.15. The van der Waals surface area contributed by atoms with Gasteiger partial charge in [0.05, 0.1) is 31.0 Å². The van der Waals surface area contributed by atoms with E-state index in [2.05, 4.69) is 9.55 Å². The van der Waals surface area contributed by atoms with Crippen LogP contribution in [0.1, 0.15) is 40.0 Å². The molecule has 0 radical (unpaired) electrons. The fourth-order valence-corrected chi connectivity index (χ4v) is 4.39. The molecule has 162 valence electrons. The normalized spacial score (nSPS) is 17.4. The van der Waals surface area contributed by atoms with Crippen molar-refractivity contribution in [2.45, 2.75) is 38.5 Å². The molecule has 2 aromatic heterocycles. The maximum atomic E-state index is 13.3. The average molecular weight is 425 g/mol. The molecular weight excluding hydrogens is 401 g/mol. The lowest BCUT2D eigenvalue weighted by molar-refractivity contribution is -0.0606. The third-order valence-corrected chi connectivity index (χ3v) is 6.02. The van der Waals surface area contributed by atoms with E-state index in [1.807, 2.05) is 6.20 Å². The second kappa shape index (κ2) is 8.37. The van der Waals surface area contributed by atoms with Gasteiger partial charge in [-0.3, -0.25) is 10.0 Å². The number of amides is 1. The zero-order valence-corrected chi connectivity index (χ0v) is 17.1. The number of benzene rings is 1. The number of aromatic nitrogens is 2. The van der Waals surface area contributed by atoms with Crippen molar-refractivity contribution in [2.24, 2.45) is 0 Å². The van der Waals surface area contributed by atoms with Crippen LogP contribution in [-0.2, 0) is 29.0 Å². The number of hydrogen-bond acceptors (Lipinski definition) is 5. The van der Waals surface area contributed by atoms with Gasteiger partial charge in [-0.25, -0.2) is 14.4 Å². The largest absolute Gasteiger partial charge is 0.381 e. The molecule has 1 N–H and O–H groups in total. The van der Waals surface area contributed by atoms with Gasteiger partial charge in [-0.05, 0) is 42.5 Å². The first-order valence-corrected chi connectivity index (χ1v) is 10.5. The van der Waals surface area contributed by atoms with Gasteiger partial charge in [0.25, 0.3) is 5.91 Å². The molecule has 0 saturated carbocycles. The summed E-state index contributed by atoms with van der Waals surface area (Å²) in [7, 11) is 0. The molecule has 2 aliphatic rings. The number of halogens is 1. The molecule has 5 rings (SSSR count). The summed E-state index contributed by atoms with van der Waals surface area (Å²) in [5, 5.41) is 11.5. The fraction of sp³-hybridized carbons (Fsp3) is 0.391. The summed E-state index contributed by atoms with van der Waals surface area (Å²) in [6.07, 6.45) is 6.11. The highest BCUT2D eigenvalue weighted by Crippen LogP contribution is 2.31. The minimum absolute atomic E-state index is 0.150. The number of hydrogen-bond donors (Lipinski definition) is 1. The molecular formula is C23H24FN3O4. The Labute approximate surface area is 179 Å². The minimum atomic E-state index is -0.481. The van der Waals surface area contributed by atoms with Crippen LogP contribution in [0.3, 0.4) is 0 Å². The number of hydroxylamine groups is 2. The summed E-state index contributed by atoms with van der Waals surface area (Å²) in [6.45, 7) is 2.62. The number of rotatable bonds is 5. The topological polar surface area (TPSA) is 76.8 Å². The van der Waals surface area contributed by atoms with Crippen LogP contribution in [0.25, 0.3) is 10.9 Å². The lowest BCUT2D eigenvalue weighted by Gasteiger charge is -2.24. The molecule has 0 atom stereocenters. The molecule has 0 unspecified atom stereocenters. The first-order chi connectivity index (χ1) is 15.1. The standard InChI is InChI=1S/C23H24FN3O4/c24-17-3-1-15(2-4-17)12-26-13-16(14-31-18-6-9-30-10-7-18)21-19-5-8-27(29)23(28)22(19)25-11-20(21)26/h1-4,11,13,18,29H,5-10,12,14H2. The molecule has 7 nitrogen and oxygen atoms in total. The summed E-state index contributed by atoms with van der Waals surface area (Å²) in [5.74, 6) is -0.750. The van der Waals surface area contributed by atoms with Gasteiger partial charge in [0, 0.05) is 36.9 Å². The van der Waals surface area contributed by atoms with Crippen LogP contribution >= 0.6 is 0 Å². The fourth-order valence-electron chi connectivity index (χ4n) is 4.39. The number of carbonyl (C=O) groups excluding carboxylic acids is 1. The van der Waals surface area contributed by atoms with Crippen molar-refractivity contribution in [3.8, 4) is 0 Å². The van der Waals surface area contributed by atoms with E-state index in [0.29, 0.717) is 32.8 Å². The van der Waals surface area contributed by atoms with Crippen LogP contribution in [0.15, 0.2) is 36.7 Å². The molecule has 1 fully saturated rings. The highest BCUT2D eigenvalue weighted by Gasteiger charge is 2.28. The molecule has 1 amide bonds. The molecule has 1 saturated heterocycles. The highest BCUT2D eigenvalue weighted by atomic mass is 19.1. The molecule has 4 heterocycles. The predicted octanol–water partition coefficient (Wildman–Crippen LogP) is 3.31. The van der Waals surface area contributed by atoms with Crippen molar-refractivity contribution in [3.05, 3.63) is 64.9 Å². The second-order valence-electron chi connectivity index (χ2n) is 8.06. The Morgan fingerprint density at radius 2 is 2.00 bits per heavy atom. The van der Waals surface area contributed by atoms with Gasteiger partial charge in [-0.1, -0.05) is 12.1 Å². The van der Waals surface area contributed by atoms with E-state index in [1.165, 1.54) is 12.1 Å². The molecule has 2 aliphatic heterocycles. The number of fused-ring (bicyclic) bond motifs is 3. The third-order valence-electron chi connectivity index (χ3n) is 6.02. The Bertz CT molecular complexity index is 1110. The van der Waals surface area contributed by atoms with Gasteiger partial charge >= 0.3 is 0 Å². The van der Waals surface area contributed by atoms with Crippen molar-refractivity contribution in [3.63, 3.8) is 0 Å². The molecule has 1 aromatic carbocycles. The lowest BCUT2D eigenvalue weighted by Crippen LogP contribution is -2.35. The van der Waals surface area contributed by atoms with Gasteiger partial charge in [0.1, 0.15) is 11.5 Å². The van der Waals surface area contributed by atoms with Crippen LogP contribution in [0.4, 0.5) is 4.39 Å². The predicted molar refractivity (Wildman–Crippen MR) is 110 cm³/mol. The quantitative estimate of drug-likeness (QED) is 0.635. The van der Waals surface area contributed by atoms with E-state index in [4.69, 9.17) is 9.47 Å². The number of carbonyl (C=O) groups is 1.